The monoisotopic (exact) mass is 381 g/mol. The van der Waals surface area contributed by atoms with Crippen LogP contribution in [0.1, 0.15) is 26.7 Å². The number of ether oxygens (including phenoxy) is 2. The van der Waals surface area contributed by atoms with E-state index in [9.17, 15) is 21.6 Å². The zero-order chi connectivity index (χ0) is 18.6. The second kappa shape index (κ2) is 8.37. The Bertz CT molecular complexity index is 676. The topological polar surface area (TPSA) is 55.8 Å². The third-order valence-electron chi connectivity index (χ3n) is 3.87. The predicted molar refractivity (Wildman–Crippen MR) is 85.9 cm³/mol. The van der Waals surface area contributed by atoms with E-state index in [1.807, 2.05) is 0 Å². The van der Waals surface area contributed by atoms with Crippen molar-refractivity contribution in [3.8, 4) is 5.75 Å². The highest BCUT2D eigenvalue weighted by molar-refractivity contribution is 7.89. The van der Waals surface area contributed by atoms with E-state index in [1.54, 1.807) is 0 Å². The summed E-state index contributed by atoms with van der Waals surface area (Å²) in [6, 6.07) is 2.53. The van der Waals surface area contributed by atoms with Crippen molar-refractivity contribution in [2.75, 3.05) is 19.8 Å². The molecule has 0 radical (unpaired) electrons. The molecule has 1 fully saturated rings. The number of rotatable bonds is 7. The molecule has 0 spiro atoms. The summed E-state index contributed by atoms with van der Waals surface area (Å²) in [5, 5.41) is 0. The summed E-state index contributed by atoms with van der Waals surface area (Å²) in [6.45, 7) is 3.07. The normalized spacial score (nSPS) is 16.8. The number of nitrogens with zero attached hydrogens (tertiary/aromatic N) is 1. The Hall–Kier alpha value is -1.32. The van der Waals surface area contributed by atoms with Crippen LogP contribution >= 0.6 is 0 Å². The summed E-state index contributed by atoms with van der Waals surface area (Å²) in [5.74, 6) is -0.899. The van der Waals surface area contributed by atoms with Gasteiger partial charge in [-0.1, -0.05) is 0 Å². The molecule has 0 amide bonds. The molecule has 1 aliphatic heterocycles. The number of hydrogen-bond acceptors (Lipinski definition) is 4. The van der Waals surface area contributed by atoms with Crippen LogP contribution in [0.15, 0.2) is 23.1 Å². The molecular formula is C16H22F3NO4S. The fraction of sp³-hybridized carbons (Fsp3) is 0.625. The Morgan fingerprint density at radius 1 is 1.28 bits per heavy atom. The van der Waals surface area contributed by atoms with Crippen molar-refractivity contribution < 1.29 is 31.1 Å². The van der Waals surface area contributed by atoms with Gasteiger partial charge in [-0.05, 0) is 32.0 Å². The van der Waals surface area contributed by atoms with Crippen LogP contribution in [0, 0.1) is 5.82 Å². The Morgan fingerprint density at radius 3 is 2.44 bits per heavy atom. The minimum absolute atomic E-state index is 0.0594. The minimum atomic E-state index is -4.23. The SMILES string of the molecule is CC(C)N(CC(F)F)S(=O)(=O)c1ccc(OC2CCOCC2)c(F)c1. The maximum atomic E-state index is 14.3. The van der Waals surface area contributed by atoms with Crippen LogP contribution in [-0.4, -0.2) is 51.1 Å². The highest BCUT2D eigenvalue weighted by Gasteiger charge is 2.30. The van der Waals surface area contributed by atoms with E-state index in [4.69, 9.17) is 9.47 Å². The number of hydrogen-bond donors (Lipinski definition) is 0. The zero-order valence-electron chi connectivity index (χ0n) is 14.1. The van der Waals surface area contributed by atoms with Crippen LogP contribution in [0.2, 0.25) is 0 Å². The fourth-order valence-electron chi connectivity index (χ4n) is 2.57. The first-order valence-corrected chi connectivity index (χ1v) is 9.49. The molecule has 0 N–H and O–H groups in total. The van der Waals surface area contributed by atoms with Crippen molar-refractivity contribution in [1.29, 1.82) is 0 Å². The number of benzene rings is 1. The Morgan fingerprint density at radius 2 is 1.92 bits per heavy atom. The van der Waals surface area contributed by atoms with Crippen LogP contribution < -0.4 is 4.74 Å². The maximum Gasteiger partial charge on any atom is 0.252 e. The Balaban J connectivity index is 2.22. The average molecular weight is 381 g/mol. The van der Waals surface area contributed by atoms with Crippen molar-refractivity contribution >= 4 is 10.0 Å². The quantitative estimate of drug-likeness (QED) is 0.729. The zero-order valence-corrected chi connectivity index (χ0v) is 14.9. The van der Waals surface area contributed by atoms with Crippen LogP contribution in [0.4, 0.5) is 13.2 Å². The largest absolute Gasteiger partial charge is 0.487 e. The summed E-state index contributed by atoms with van der Waals surface area (Å²) < 4.78 is 76.1. The van der Waals surface area contributed by atoms with Crippen molar-refractivity contribution in [1.82, 2.24) is 4.31 Å². The second-order valence-electron chi connectivity index (χ2n) is 6.08. The fourth-order valence-corrected chi connectivity index (χ4v) is 4.20. The molecule has 0 saturated carbocycles. The molecule has 1 aliphatic rings. The van der Waals surface area contributed by atoms with Gasteiger partial charge in [0.2, 0.25) is 10.0 Å². The molecule has 0 unspecified atom stereocenters. The summed E-state index contributed by atoms with van der Waals surface area (Å²) in [5.41, 5.74) is 0. The maximum absolute atomic E-state index is 14.3. The van der Waals surface area contributed by atoms with Gasteiger partial charge in [-0.25, -0.2) is 21.6 Å². The molecule has 142 valence electrons. The lowest BCUT2D eigenvalue weighted by molar-refractivity contribution is 0.0240. The molecule has 1 saturated heterocycles. The first-order valence-electron chi connectivity index (χ1n) is 8.05. The van der Waals surface area contributed by atoms with Gasteiger partial charge in [-0.15, -0.1) is 0 Å². The molecule has 2 rings (SSSR count). The van der Waals surface area contributed by atoms with Crippen LogP contribution in [0.25, 0.3) is 0 Å². The van der Waals surface area contributed by atoms with Gasteiger partial charge in [0.1, 0.15) is 6.10 Å². The predicted octanol–water partition coefficient (Wildman–Crippen LogP) is 3.05. The lowest BCUT2D eigenvalue weighted by atomic mass is 10.1. The van der Waals surface area contributed by atoms with E-state index in [0.29, 0.717) is 30.4 Å². The van der Waals surface area contributed by atoms with Gasteiger partial charge >= 0.3 is 0 Å². The molecular weight excluding hydrogens is 359 g/mol. The highest BCUT2D eigenvalue weighted by Crippen LogP contribution is 2.27. The van der Waals surface area contributed by atoms with Crippen molar-refractivity contribution in [3.63, 3.8) is 0 Å². The average Bonchev–Trinajstić information content (AvgIpc) is 2.55. The minimum Gasteiger partial charge on any atom is -0.487 e. The summed E-state index contributed by atoms with van der Waals surface area (Å²) in [4.78, 5) is -0.376. The molecule has 5 nitrogen and oxygen atoms in total. The number of halogens is 3. The van der Waals surface area contributed by atoms with E-state index >= 15 is 0 Å². The molecule has 0 bridgehead atoms. The van der Waals surface area contributed by atoms with Gasteiger partial charge in [0.25, 0.3) is 6.43 Å². The van der Waals surface area contributed by atoms with Gasteiger partial charge in [-0.3, -0.25) is 0 Å². The first kappa shape index (κ1) is 20.0. The first-order chi connectivity index (χ1) is 11.7. The lowest BCUT2D eigenvalue weighted by Crippen LogP contribution is -2.40. The van der Waals surface area contributed by atoms with Gasteiger partial charge in [-0.2, -0.15) is 4.31 Å². The molecule has 1 aromatic carbocycles. The lowest BCUT2D eigenvalue weighted by Gasteiger charge is -2.26. The van der Waals surface area contributed by atoms with E-state index in [-0.39, 0.29) is 16.7 Å². The van der Waals surface area contributed by atoms with Crippen molar-refractivity contribution in [2.45, 2.75) is 50.2 Å². The molecule has 25 heavy (non-hydrogen) atoms. The number of alkyl halides is 2. The highest BCUT2D eigenvalue weighted by atomic mass is 32.2. The summed E-state index contributed by atoms with van der Waals surface area (Å²) >= 11 is 0. The third-order valence-corrected chi connectivity index (χ3v) is 5.90. The standard InChI is InChI=1S/C16H22F3NO4S/c1-11(2)20(10-16(18)19)25(21,22)13-3-4-15(14(17)9-13)24-12-5-7-23-8-6-12/h3-4,9,11-12,16H,5-8,10H2,1-2H3. The summed E-state index contributed by atoms with van der Waals surface area (Å²) in [7, 11) is -4.23. The molecule has 9 heteroatoms. The van der Waals surface area contributed by atoms with Crippen LogP contribution in [-0.2, 0) is 14.8 Å². The van der Waals surface area contributed by atoms with E-state index in [1.165, 1.54) is 26.0 Å². The van der Waals surface area contributed by atoms with Gasteiger partial charge in [0.15, 0.2) is 11.6 Å². The van der Waals surface area contributed by atoms with Gasteiger partial charge in [0, 0.05) is 18.9 Å². The van der Waals surface area contributed by atoms with Gasteiger partial charge in [0.05, 0.1) is 24.7 Å². The van der Waals surface area contributed by atoms with E-state index < -0.39 is 34.9 Å². The molecule has 1 heterocycles. The number of sulfonamides is 1. The summed E-state index contributed by atoms with van der Waals surface area (Å²) in [6.07, 6.45) is -1.78. The van der Waals surface area contributed by atoms with Gasteiger partial charge < -0.3 is 9.47 Å². The Labute approximate surface area is 145 Å². The van der Waals surface area contributed by atoms with Crippen LogP contribution in [0.5, 0.6) is 5.75 Å². The van der Waals surface area contributed by atoms with E-state index in [0.717, 1.165) is 6.07 Å². The van der Waals surface area contributed by atoms with Crippen molar-refractivity contribution in [3.05, 3.63) is 24.0 Å². The van der Waals surface area contributed by atoms with E-state index in [2.05, 4.69) is 0 Å². The van der Waals surface area contributed by atoms with Crippen molar-refractivity contribution in [2.24, 2.45) is 0 Å². The Kier molecular flexibility index (Phi) is 6.70. The van der Waals surface area contributed by atoms with Crippen LogP contribution in [0.3, 0.4) is 0 Å². The molecule has 0 aromatic heterocycles. The smallest absolute Gasteiger partial charge is 0.252 e. The molecule has 0 atom stereocenters. The third kappa shape index (κ3) is 5.08. The molecule has 1 aromatic rings. The second-order valence-corrected chi connectivity index (χ2v) is 7.97. The molecule has 0 aliphatic carbocycles.